The van der Waals surface area contributed by atoms with E-state index < -0.39 is 11.6 Å². The highest BCUT2D eigenvalue weighted by atomic mass is 16.5. The van der Waals surface area contributed by atoms with Crippen LogP contribution in [-0.2, 0) is 10.3 Å². The van der Waals surface area contributed by atoms with Gasteiger partial charge in [0.25, 0.3) is 0 Å². The van der Waals surface area contributed by atoms with Gasteiger partial charge in [0, 0.05) is 12.6 Å². The second-order valence-corrected chi connectivity index (χ2v) is 8.08. The molecule has 1 aromatic heterocycles. The van der Waals surface area contributed by atoms with Gasteiger partial charge in [-0.15, -0.1) is 0 Å². The number of hydrogen-bond acceptors (Lipinski definition) is 4. The van der Waals surface area contributed by atoms with Crippen LogP contribution in [0.3, 0.4) is 0 Å². The fourth-order valence-corrected chi connectivity index (χ4v) is 3.50. The molecule has 154 valence electrons. The van der Waals surface area contributed by atoms with Crippen molar-refractivity contribution < 1.29 is 14.1 Å². The molecule has 0 aliphatic carbocycles. The number of anilines is 1. The van der Waals surface area contributed by atoms with Gasteiger partial charge < -0.3 is 20.1 Å². The fourth-order valence-electron chi connectivity index (χ4n) is 3.50. The van der Waals surface area contributed by atoms with Crippen LogP contribution in [0.15, 0.2) is 41.4 Å². The van der Waals surface area contributed by atoms with E-state index in [4.69, 9.17) is 4.52 Å². The Labute approximate surface area is 171 Å². The molecule has 0 spiro atoms. The summed E-state index contributed by atoms with van der Waals surface area (Å²) in [5.41, 5.74) is 2.37. The first-order valence-corrected chi connectivity index (χ1v) is 9.77. The van der Waals surface area contributed by atoms with Gasteiger partial charge in [0.05, 0.1) is 5.54 Å². The molecule has 2 aromatic rings. The number of carbonyl (C=O) groups is 2. The minimum atomic E-state index is -0.602. The van der Waals surface area contributed by atoms with Gasteiger partial charge in [0.2, 0.25) is 5.91 Å². The lowest BCUT2D eigenvalue weighted by molar-refractivity contribution is -0.119. The topological polar surface area (TPSA) is 87.5 Å². The summed E-state index contributed by atoms with van der Waals surface area (Å²) in [5.74, 6) is 0.713. The molecule has 1 saturated heterocycles. The highest BCUT2D eigenvalue weighted by Gasteiger charge is 2.36. The average molecular weight is 396 g/mol. The second kappa shape index (κ2) is 8.11. The maximum atomic E-state index is 13.0. The van der Waals surface area contributed by atoms with Crippen molar-refractivity contribution in [2.24, 2.45) is 0 Å². The third-order valence-corrected chi connectivity index (χ3v) is 5.19. The number of aromatic nitrogens is 1. The molecule has 1 aliphatic rings. The maximum Gasteiger partial charge on any atom is 0.318 e. The van der Waals surface area contributed by atoms with E-state index in [1.807, 2.05) is 45.0 Å². The first kappa shape index (κ1) is 20.6. The smallest absolute Gasteiger partial charge is 0.318 e. The number of urea groups is 1. The van der Waals surface area contributed by atoms with Gasteiger partial charge in [0.1, 0.15) is 11.8 Å². The van der Waals surface area contributed by atoms with Gasteiger partial charge >= 0.3 is 6.03 Å². The number of hydrogen-bond donors (Lipinski definition) is 2. The molecule has 2 heterocycles. The van der Waals surface area contributed by atoms with E-state index in [1.165, 1.54) is 0 Å². The highest BCUT2D eigenvalue weighted by molar-refractivity contribution is 5.96. The van der Waals surface area contributed by atoms with Crippen molar-refractivity contribution in [3.63, 3.8) is 0 Å². The second-order valence-electron chi connectivity index (χ2n) is 8.08. The lowest BCUT2D eigenvalue weighted by Crippen LogP contribution is -2.52. The van der Waals surface area contributed by atoms with Crippen LogP contribution in [0.1, 0.15) is 50.5 Å². The zero-order valence-corrected chi connectivity index (χ0v) is 17.4. The van der Waals surface area contributed by atoms with E-state index in [0.717, 1.165) is 23.1 Å². The average Bonchev–Trinajstić information content (AvgIpc) is 3.30. The zero-order valence-electron chi connectivity index (χ0n) is 17.4. The van der Waals surface area contributed by atoms with E-state index in [-0.39, 0.29) is 11.9 Å². The van der Waals surface area contributed by atoms with Gasteiger partial charge in [-0.1, -0.05) is 35.5 Å². The first-order chi connectivity index (χ1) is 13.7. The number of nitrogens with zero attached hydrogens (tertiary/aromatic N) is 2. The third kappa shape index (κ3) is 4.67. The van der Waals surface area contributed by atoms with Gasteiger partial charge in [-0.05, 0) is 57.7 Å². The van der Waals surface area contributed by atoms with Crippen molar-refractivity contribution in [2.75, 3.05) is 11.9 Å². The Morgan fingerprint density at radius 2 is 2.07 bits per heavy atom. The summed E-state index contributed by atoms with van der Waals surface area (Å²) in [6, 6.07) is 8.82. The number of aryl methyl sites for hydroxylation is 1. The number of amides is 3. The number of allylic oxidation sites excluding steroid dienone is 1. The summed E-state index contributed by atoms with van der Waals surface area (Å²) >= 11 is 0. The van der Waals surface area contributed by atoms with Crippen molar-refractivity contribution in [1.82, 2.24) is 15.4 Å². The molecule has 0 saturated carbocycles. The van der Waals surface area contributed by atoms with Crippen LogP contribution in [0.4, 0.5) is 10.6 Å². The minimum absolute atomic E-state index is 0.256. The molecule has 0 radical (unpaired) electrons. The molecule has 0 unspecified atom stereocenters. The van der Waals surface area contributed by atoms with Crippen molar-refractivity contribution in [3.8, 4) is 0 Å². The molecule has 0 bridgehead atoms. The van der Waals surface area contributed by atoms with Crippen LogP contribution >= 0.6 is 0 Å². The van der Waals surface area contributed by atoms with E-state index in [0.29, 0.717) is 24.5 Å². The highest BCUT2D eigenvalue weighted by Crippen LogP contribution is 2.26. The van der Waals surface area contributed by atoms with E-state index in [2.05, 4.69) is 22.4 Å². The van der Waals surface area contributed by atoms with Crippen LogP contribution in [0, 0.1) is 6.92 Å². The van der Waals surface area contributed by atoms with Crippen LogP contribution < -0.4 is 10.6 Å². The molecule has 1 aliphatic heterocycles. The van der Waals surface area contributed by atoms with Crippen molar-refractivity contribution in [2.45, 2.75) is 52.1 Å². The Bertz CT molecular complexity index is 932. The summed E-state index contributed by atoms with van der Waals surface area (Å²) in [7, 11) is 0. The predicted molar refractivity (Wildman–Crippen MR) is 112 cm³/mol. The van der Waals surface area contributed by atoms with Crippen LogP contribution in [0.2, 0.25) is 0 Å². The zero-order chi connectivity index (χ0) is 21.2. The van der Waals surface area contributed by atoms with Gasteiger partial charge in [-0.3, -0.25) is 4.79 Å². The minimum Gasteiger partial charge on any atom is -0.360 e. The molecule has 2 N–H and O–H groups in total. The number of likely N-dealkylation sites (tertiary alicyclic amines) is 1. The molecule has 1 fully saturated rings. The fraction of sp³-hybridized carbons (Fsp3) is 0.409. The Hall–Kier alpha value is -3.09. The number of rotatable bonds is 5. The van der Waals surface area contributed by atoms with Gasteiger partial charge in [-0.25, -0.2) is 4.79 Å². The first-order valence-electron chi connectivity index (χ1n) is 9.77. The van der Waals surface area contributed by atoms with Crippen molar-refractivity contribution in [1.29, 1.82) is 0 Å². The third-order valence-electron chi connectivity index (χ3n) is 5.19. The Kier molecular flexibility index (Phi) is 5.77. The SMILES string of the molecule is C=C(C)c1cccc(C(C)(C)NC(=O)N2CCC[C@@H]2C(=O)Nc2cc(C)on2)c1. The van der Waals surface area contributed by atoms with E-state index >= 15 is 0 Å². The lowest BCUT2D eigenvalue weighted by Gasteiger charge is -2.32. The number of benzene rings is 1. The molecule has 1 aromatic carbocycles. The molecule has 7 heteroatoms. The van der Waals surface area contributed by atoms with E-state index in [1.54, 1.807) is 17.9 Å². The van der Waals surface area contributed by atoms with Crippen molar-refractivity contribution >= 4 is 23.3 Å². The monoisotopic (exact) mass is 396 g/mol. The predicted octanol–water partition coefficient (Wildman–Crippen LogP) is 4.06. The van der Waals surface area contributed by atoms with Gasteiger partial charge in [0.15, 0.2) is 5.82 Å². The van der Waals surface area contributed by atoms with Crippen LogP contribution in [0.25, 0.3) is 5.57 Å². The molecule has 29 heavy (non-hydrogen) atoms. The van der Waals surface area contributed by atoms with Crippen molar-refractivity contribution in [3.05, 3.63) is 53.8 Å². The molecular formula is C22H28N4O3. The molecular weight excluding hydrogens is 368 g/mol. The Morgan fingerprint density at radius 1 is 1.31 bits per heavy atom. The molecule has 1 atom stereocenters. The normalized spacial score (nSPS) is 16.6. The summed E-state index contributed by atoms with van der Waals surface area (Å²) in [5, 5.41) is 9.59. The van der Waals surface area contributed by atoms with Crippen LogP contribution in [-0.4, -0.2) is 34.6 Å². The largest absolute Gasteiger partial charge is 0.360 e. The maximum absolute atomic E-state index is 13.0. The lowest BCUT2D eigenvalue weighted by atomic mass is 9.92. The molecule has 7 nitrogen and oxygen atoms in total. The Morgan fingerprint density at radius 3 is 2.72 bits per heavy atom. The quantitative estimate of drug-likeness (QED) is 0.798. The number of nitrogens with one attached hydrogen (secondary N) is 2. The van der Waals surface area contributed by atoms with Crippen LogP contribution in [0.5, 0.6) is 0 Å². The summed E-state index contributed by atoms with van der Waals surface area (Å²) in [6.07, 6.45) is 1.39. The molecule has 3 rings (SSSR count). The van der Waals surface area contributed by atoms with E-state index in [9.17, 15) is 9.59 Å². The summed E-state index contributed by atoms with van der Waals surface area (Å²) in [6.45, 7) is 12.1. The van der Waals surface area contributed by atoms with Gasteiger partial charge in [-0.2, -0.15) is 0 Å². The Balaban J connectivity index is 1.70. The summed E-state index contributed by atoms with van der Waals surface area (Å²) in [4.78, 5) is 27.3. The number of carbonyl (C=O) groups excluding carboxylic acids is 2. The summed E-state index contributed by atoms with van der Waals surface area (Å²) < 4.78 is 4.98. The standard InChI is InChI=1S/C22H28N4O3/c1-14(2)16-8-6-9-17(13-16)22(4,5)24-21(28)26-11-7-10-18(26)20(27)23-19-12-15(3)29-25-19/h6,8-9,12-13,18H,1,7,10-11H2,2-5H3,(H,24,28)(H,23,25,27)/t18-/m1/s1. The molecule has 3 amide bonds.